The third-order valence-corrected chi connectivity index (χ3v) is 3.96. The van der Waals surface area contributed by atoms with Crippen molar-refractivity contribution in [2.45, 2.75) is 18.9 Å². The van der Waals surface area contributed by atoms with E-state index in [0.29, 0.717) is 6.04 Å². The number of thiophene rings is 1. The van der Waals surface area contributed by atoms with E-state index >= 15 is 0 Å². The maximum Gasteiger partial charge on any atom is 0.326 e. The Morgan fingerprint density at radius 2 is 2.18 bits per heavy atom. The van der Waals surface area contributed by atoms with Crippen LogP contribution in [-0.2, 0) is 0 Å². The molecule has 0 aromatic carbocycles. The Morgan fingerprint density at radius 3 is 2.88 bits per heavy atom. The Labute approximate surface area is 103 Å². The molecule has 0 saturated carbocycles. The van der Waals surface area contributed by atoms with Crippen molar-refractivity contribution in [3.8, 4) is 11.3 Å². The summed E-state index contributed by atoms with van der Waals surface area (Å²) in [7, 11) is 0. The topological polar surface area (TPSA) is 49.8 Å². The Balaban J connectivity index is 1.93. The lowest BCUT2D eigenvalue weighted by atomic mass is 10.1. The van der Waals surface area contributed by atoms with Crippen LogP contribution in [0.2, 0.25) is 0 Å². The summed E-state index contributed by atoms with van der Waals surface area (Å²) in [4.78, 5) is 14.9. The van der Waals surface area contributed by atoms with Gasteiger partial charge in [-0.1, -0.05) is 0 Å². The molecule has 5 heteroatoms. The molecule has 1 aliphatic rings. The molecule has 1 fully saturated rings. The van der Waals surface area contributed by atoms with Gasteiger partial charge < -0.3 is 10.3 Å². The lowest BCUT2D eigenvalue weighted by molar-refractivity contribution is 0.361. The maximum absolute atomic E-state index is 11.9. The van der Waals surface area contributed by atoms with E-state index in [1.807, 2.05) is 22.2 Å². The highest BCUT2D eigenvalue weighted by molar-refractivity contribution is 7.08. The SMILES string of the molecule is O=c1[nH]c(-c2ccsc2)cn1C1CCNCC1. The van der Waals surface area contributed by atoms with Gasteiger partial charge in [0.25, 0.3) is 0 Å². The first-order valence-electron chi connectivity index (χ1n) is 5.89. The van der Waals surface area contributed by atoms with Gasteiger partial charge in [-0.05, 0) is 37.4 Å². The van der Waals surface area contributed by atoms with Crippen LogP contribution in [0.4, 0.5) is 0 Å². The van der Waals surface area contributed by atoms with Gasteiger partial charge in [-0.25, -0.2) is 4.79 Å². The zero-order valence-electron chi connectivity index (χ0n) is 9.48. The lowest BCUT2D eigenvalue weighted by Gasteiger charge is -2.22. The van der Waals surface area contributed by atoms with Crippen LogP contribution >= 0.6 is 11.3 Å². The fraction of sp³-hybridized carbons (Fsp3) is 0.417. The minimum absolute atomic E-state index is 0.0121. The standard InChI is InChI=1S/C12H15N3OS/c16-12-14-11(9-3-6-17-8-9)7-15(12)10-1-4-13-5-2-10/h3,6-8,10,13H,1-2,4-5H2,(H,14,16). The van der Waals surface area contributed by atoms with Gasteiger partial charge in [0.15, 0.2) is 0 Å². The van der Waals surface area contributed by atoms with E-state index in [1.54, 1.807) is 11.3 Å². The molecule has 0 aliphatic carbocycles. The number of H-pyrrole nitrogens is 1. The second-order valence-electron chi connectivity index (χ2n) is 4.37. The van der Waals surface area contributed by atoms with Crippen molar-refractivity contribution >= 4 is 11.3 Å². The summed E-state index contributed by atoms with van der Waals surface area (Å²) >= 11 is 1.64. The van der Waals surface area contributed by atoms with Crippen LogP contribution < -0.4 is 11.0 Å². The van der Waals surface area contributed by atoms with E-state index in [9.17, 15) is 4.79 Å². The summed E-state index contributed by atoms with van der Waals surface area (Å²) in [6, 6.07) is 2.37. The Morgan fingerprint density at radius 1 is 1.35 bits per heavy atom. The third kappa shape index (κ3) is 2.08. The quantitative estimate of drug-likeness (QED) is 0.853. The van der Waals surface area contributed by atoms with Gasteiger partial charge >= 0.3 is 5.69 Å². The summed E-state index contributed by atoms with van der Waals surface area (Å²) in [6.45, 7) is 1.99. The first kappa shape index (κ1) is 10.8. The molecule has 2 aromatic rings. The fourth-order valence-corrected chi connectivity index (χ4v) is 2.99. The number of piperidine rings is 1. The maximum atomic E-state index is 11.9. The molecule has 1 aliphatic heterocycles. The van der Waals surface area contributed by atoms with Crippen molar-refractivity contribution in [2.24, 2.45) is 0 Å². The smallest absolute Gasteiger partial charge is 0.317 e. The molecule has 2 N–H and O–H groups in total. The predicted octanol–water partition coefficient (Wildman–Crippen LogP) is 1.83. The van der Waals surface area contributed by atoms with E-state index in [0.717, 1.165) is 37.2 Å². The van der Waals surface area contributed by atoms with Crippen molar-refractivity contribution in [3.05, 3.63) is 33.5 Å². The zero-order valence-corrected chi connectivity index (χ0v) is 10.3. The monoisotopic (exact) mass is 249 g/mol. The second-order valence-corrected chi connectivity index (χ2v) is 5.15. The average Bonchev–Trinajstić information content (AvgIpc) is 2.99. The average molecular weight is 249 g/mol. The van der Waals surface area contributed by atoms with Crippen LogP contribution in [0.3, 0.4) is 0 Å². The van der Waals surface area contributed by atoms with Crippen LogP contribution in [0.15, 0.2) is 27.8 Å². The molecule has 3 heterocycles. The van der Waals surface area contributed by atoms with Gasteiger partial charge in [0.2, 0.25) is 0 Å². The molecule has 4 nitrogen and oxygen atoms in total. The first-order chi connectivity index (χ1) is 8.34. The van der Waals surface area contributed by atoms with Crippen molar-refractivity contribution in [2.75, 3.05) is 13.1 Å². The number of aromatic amines is 1. The summed E-state index contributed by atoms with van der Waals surface area (Å²) in [5, 5.41) is 7.39. The Bertz CT molecular complexity index is 534. The summed E-state index contributed by atoms with van der Waals surface area (Å²) in [5.74, 6) is 0. The van der Waals surface area contributed by atoms with E-state index in [1.165, 1.54) is 0 Å². The van der Waals surface area contributed by atoms with Gasteiger partial charge in [0, 0.05) is 23.2 Å². The van der Waals surface area contributed by atoms with Crippen LogP contribution in [-0.4, -0.2) is 22.6 Å². The molecule has 0 spiro atoms. The van der Waals surface area contributed by atoms with Crippen molar-refractivity contribution < 1.29 is 0 Å². The van der Waals surface area contributed by atoms with Crippen molar-refractivity contribution in [1.82, 2.24) is 14.9 Å². The van der Waals surface area contributed by atoms with Gasteiger partial charge in [-0.3, -0.25) is 4.57 Å². The molecule has 0 unspecified atom stereocenters. The number of rotatable bonds is 2. The highest BCUT2D eigenvalue weighted by Gasteiger charge is 2.17. The zero-order chi connectivity index (χ0) is 11.7. The molecule has 1 saturated heterocycles. The predicted molar refractivity (Wildman–Crippen MR) is 69.5 cm³/mol. The lowest BCUT2D eigenvalue weighted by Crippen LogP contribution is -2.32. The largest absolute Gasteiger partial charge is 0.326 e. The van der Waals surface area contributed by atoms with Crippen LogP contribution in [0.1, 0.15) is 18.9 Å². The highest BCUT2D eigenvalue weighted by Crippen LogP contribution is 2.22. The number of hydrogen-bond donors (Lipinski definition) is 2. The highest BCUT2D eigenvalue weighted by atomic mass is 32.1. The van der Waals surface area contributed by atoms with Gasteiger partial charge in [0.1, 0.15) is 0 Å². The molecule has 3 rings (SSSR count). The number of nitrogens with zero attached hydrogens (tertiary/aromatic N) is 1. The van der Waals surface area contributed by atoms with Gasteiger partial charge in [-0.2, -0.15) is 11.3 Å². The van der Waals surface area contributed by atoms with Crippen LogP contribution in [0, 0.1) is 0 Å². The summed E-state index contributed by atoms with van der Waals surface area (Å²) < 4.78 is 1.86. The molecule has 2 aromatic heterocycles. The fourth-order valence-electron chi connectivity index (χ4n) is 2.33. The molecular weight excluding hydrogens is 234 g/mol. The number of nitrogens with one attached hydrogen (secondary N) is 2. The minimum atomic E-state index is 0.0121. The van der Waals surface area contributed by atoms with Gasteiger partial charge in [0.05, 0.1) is 5.69 Å². The molecule has 0 radical (unpaired) electrons. The Kier molecular flexibility index (Phi) is 2.86. The number of aromatic nitrogens is 2. The Hall–Kier alpha value is -1.33. The second kappa shape index (κ2) is 4.50. The molecule has 0 amide bonds. The number of hydrogen-bond acceptors (Lipinski definition) is 3. The molecule has 0 atom stereocenters. The molecule has 17 heavy (non-hydrogen) atoms. The minimum Gasteiger partial charge on any atom is -0.317 e. The van der Waals surface area contributed by atoms with Crippen molar-refractivity contribution in [1.29, 1.82) is 0 Å². The van der Waals surface area contributed by atoms with Crippen LogP contribution in [0.5, 0.6) is 0 Å². The van der Waals surface area contributed by atoms with Crippen molar-refractivity contribution in [3.63, 3.8) is 0 Å². The van der Waals surface area contributed by atoms with E-state index in [4.69, 9.17) is 0 Å². The molecular formula is C12H15N3OS. The van der Waals surface area contributed by atoms with Crippen LogP contribution in [0.25, 0.3) is 11.3 Å². The third-order valence-electron chi connectivity index (χ3n) is 3.28. The summed E-state index contributed by atoms with van der Waals surface area (Å²) in [6.07, 6.45) is 4.02. The molecule has 90 valence electrons. The van der Waals surface area contributed by atoms with E-state index in [2.05, 4.69) is 15.7 Å². The van der Waals surface area contributed by atoms with Gasteiger partial charge in [-0.15, -0.1) is 0 Å². The number of imidazole rings is 1. The first-order valence-corrected chi connectivity index (χ1v) is 6.83. The summed E-state index contributed by atoms with van der Waals surface area (Å²) in [5.41, 5.74) is 2.03. The normalized spacial score (nSPS) is 17.4. The van der Waals surface area contributed by atoms with E-state index in [-0.39, 0.29) is 5.69 Å². The van der Waals surface area contributed by atoms with E-state index < -0.39 is 0 Å². The molecule has 0 bridgehead atoms.